The summed E-state index contributed by atoms with van der Waals surface area (Å²) in [4.78, 5) is 11.9. The van der Waals surface area contributed by atoms with Crippen LogP contribution < -0.4 is 5.32 Å². The SMILES string of the molecule is c1cc2nc(C3CCCN3)[nH]c2cn1. The number of aromatic nitrogens is 3. The summed E-state index contributed by atoms with van der Waals surface area (Å²) in [6, 6.07) is 2.34. The van der Waals surface area contributed by atoms with Crippen LogP contribution in [0.25, 0.3) is 11.0 Å². The van der Waals surface area contributed by atoms with Gasteiger partial charge in [0, 0.05) is 6.20 Å². The average molecular weight is 188 g/mol. The molecule has 3 rings (SSSR count). The van der Waals surface area contributed by atoms with E-state index in [0.29, 0.717) is 6.04 Å². The highest BCUT2D eigenvalue weighted by Crippen LogP contribution is 2.22. The van der Waals surface area contributed by atoms with E-state index in [1.165, 1.54) is 12.8 Å². The van der Waals surface area contributed by atoms with Crippen molar-refractivity contribution in [2.45, 2.75) is 18.9 Å². The van der Waals surface area contributed by atoms with Crippen LogP contribution in [0.2, 0.25) is 0 Å². The van der Waals surface area contributed by atoms with Crippen molar-refractivity contribution < 1.29 is 0 Å². The van der Waals surface area contributed by atoms with Gasteiger partial charge in [-0.05, 0) is 25.5 Å². The molecule has 2 aromatic rings. The summed E-state index contributed by atoms with van der Waals surface area (Å²) in [6.45, 7) is 1.10. The molecule has 4 heteroatoms. The Bertz CT molecular complexity index is 409. The largest absolute Gasteiger partial charge is 0.339 e. The molecule has 2 N–H and O–H groups in total. The van der Waals surface area contributed by atoms with E-state index < -0.39 is 0 Å². The summed E-state index contributed by atoms with van der Waals surface area (Å²) in [5.74, 6) is 1.05. The number of pyridine rings is 1. The molecule has 0 saturated carbocycles. The van der Waals surface area contributed by atoms with Crippen molar-refractivity contribution in [3.05, 3.63) is 24.3 Å². The first-order valence-corrected chi connectivity index (χ1v) is 4.96. The first-order valence-electron chi connectivity index (χ1n) is 4.96. The molecule has 1 saturated heterocycles. The van der Waals surface area contributed by atoms with Gasteiger partial charge in [-0.1, -0.05) is 0 Å². The normalized spacial score (nSPS) is 21.9. The molecule has 1 aliphatic heterocycles. The molecule has 3 heterocycles. The van der Waals surface area contributed by atoms with Crippen molar-refractivity contribution in [2.24, 2.45) is 0 Å². The van der Waals surface area contributed by atoms with Gasteiger partial charge < -0.3 is 10.3 Å². The van der Waals surface area contributed by atoms with Gasteiger partial charge in [-0.15, -0.1) is 0 Å². The van der Waals surface area contributed by atoms with Gasteiger partial charge in [0.05, 0.1) is 23.3 Å². The maximum Gasteiger partial charge on any atom is 0.124 e. The molecule has 0 radical (unpaired) electrons. The maximum absolute atomic E-state index is 4.54. The molecule has 1 fully saturated rings. The Morgan fingerprint density at radius 1 is 1.43 bits per heavy atom. The molecule has 0 spiro atoms. The standard InChI is InChI=1S/C10H12N4/c1-2-8(12-4-1)10-13-7-3-5-11-6-9(7)14-10/h3,5-6,8,12H,1-2,4H2,(H,13,14). The quantitative estimate of drug-likeness (QED) is 0.711. The second-order valence-electron chi connectivity index (χ2n) is 3.66. The third-order valence-electron chi connectivity index (χ3n) is 2.69. The van der Waals surface area contributed by atoms with Crippen LogP contribution in [0.5, 0.6) is 0 Å². The van der Waals surface area contributed by atoms with Crippen molar-refractivity contribution in [3.63, 3.8) is 0 Å². The Labute approximate surface area is 81.8 Å². The molecule has 4 nitrogen and oxygen atoms in total. The number of H-pyrrole nitrogens is 1. The van der Waals surface area contributed by atoms with Crippen LogP contribution in [0.1, 0.15) is 24.7 Å². The topological polar surface area (TPSA) is 53.6 Å². The minimum Gasteiger partial charge on any atom is -0.339 e. The highest BCUT2D eigenvalue weighted by molar-refractivity contribution is 5.73. The number of aromatic amines is 1. The van der Waals surface area contributed by atoms with Crippen LogP contribution in [-0.4, -0.2) is 21.5 Å². The molecule has 1 atom stereocenters. The summed E-state index contributed by atoms with van der Waals surface area (Å²) in [5.41, 5.74) is 2.03. The number of imidazole rings is 1. The second kappa shape index (κ2) is 3.06. The zero-order chi connectivity index (χ0) is 9.38. The third kappa shape index (κ3) is 1.19. The molecular weight excluding hydrogens is 176 g/mol. The van der Waals surface area contributed by atoms with Crippen LogP contribution in [0.15, 0.2) is 18.5 Å². The molecule has 2 aromatic heterocycles. The minimum absolute atomic E-state index is 0.405. The number of hydrogen-bond acceptors (Lipinski definition) is 3. The lowest BCUT2D eigenvalue weighted by Crippen LogP contribution is -2.13. The van der Waals surface area contributed by atoms with Gasteiger partial charge in [-0.25, -0.2) is 4.98 Å². The van der Waals surface area contributed by atoms with Crippen LogP contribution in [0, 0.1) is 0 Å². The predicted molar refractivity (Wildman–Crippen MR) is 53.9 cm³/mol. The fourth-order valence-corrected chi connectivity index (χ4v) is 1.96. The molecule has 0 amide bonds. The number of hydrogen-bond donors (Lipinski definition) is 2. The molecule has 1 unspecified atom stereocenters. The summed E-state index contributed by atoms with van der Waals surface area (Å²) >= 11 is 0. The van der Waals surface area contributed by atoms with Gasteiger partial charge in [0.15, 0.2) is 0 Å². The lowest BCUT2D eigenvalue weighted by molar-refractivity contribution is 0.614. The van der Waals surface area contributed by atoms with Gasteiger partial charge in [0.25, 0.3) is 0 Å². The van der Waals surface area contributed by atoms with E-state index in [2.05, 4.69) is 20.3 Å². The zero-order valence-corrected chi connectivity index (χ0v) is 7.83. The summed E-state index contributed by atoms with van der Waals surface area (Å²) < 4.78 is 0. The van der Waals surface area contributed by atoms with Crippen LogP contribution in [0.3, 0.4) is 0 Å². The fraction of sp³-hybridized carbons (Fsp3) is 0.400. The first kappa shape index (κ1) is 7.94. The lowest BCUT2D eigenvalue weighted by atomic mass is 10.2. The predicted octanol–water partition coefficient (Wildman–Crippen LogP) is 1.38. The Kier molecular flexibility index (Phi) is 1.73. The summed E-state index contributed by atoms with van der Waals surface area (Å²) in [5, 5.41) is 3.42. The number of nitrogens with one attached hydrogen (secondary N) is 2. The van der Waals surface area contributed by atoms with Crippen molar-refractivity contribution in [1.29, 1.82) is 0 Å². The van der Waals surface area contributed by atoms with E-state index >= 15 is 0 Å². The highest BCUT2D eigenvalue weighted by Gasteiger charge is 2.19. The van der Waals surface area contributed by atoms with E-state index in [1.807, 2.05) is 12.3 Å². The van der Waals surface area contributed by atoms with E-state index in [4.69, 9.17) is 0 Å². The summed E-state index contributed by atoms with van der Waals surface area (Å²) in [6.07, 6.45) is 6.00. The highest BCUT2D eigenvalue weighted by atomic mass is 15.0. The van der Waals surface area contributed by atoms with Gasteiger partial charge in [-0.2, -0.15) is 0 Å². The number of nitrogens with zero attached hydrogens (tertiary/aromatic N) is 2. The van der Waals surface area contributed by atoms with Gasteiger partial charge in [-0.3, -0.25) is 4.98 Å². The molecule has 1 aliphatic rings. The molecule has 0 aromatic carbocycles. The zero-order valence-electron chi connectivity index (χ0n) is 7.83. The Hall–Kier alpha value is -1.42. The fourth-order valence-electron chi connectivity index (χ4n) is 1.96. The molecule has 0 aliphatic carbocycles. The second-order valence-corrected chi connectivity index (χ2v) is 3.66. The third-order valence-corrected chi connectivity index (χ3v) is 2.69. The molecular formula is C10H12N4. The van der Waals surface area contributed by atoms with Gasteiger partial charge >= 0.3 is 0 Å². The molecule has 14 heavy (non-hydrogen) atoms. The van der Waals surface area contributed by atoms with Crippen molar-refractivity contribution in [1.82, 2.24) is 20.3 Å². The maximum atomic E-state index is 4.54. The van der Waals surface area contributed by atoms with E-state index in [-0.39, 0.29) is 0 Å². The van der Waals surface area contributed by atoms with Crippen molar-refractivity contribution >= 4 is 11.0 Å². The molecule has 72 valence electrons. The smallest absolute Gasteiger partial charge is 0.124 e. The first-order chi connectivity index (χ1) is 6.93. The van der Waals surface area contributed by atoms with E-state index in [9.17, 15) is 0 Å². The molecule has 0 bridgehead atoms. The summed E-state index contributed by atoms with van der Waals surface area (Å²) in [7, 11) is 0. The van der Waals surface area contributed by atoms with Crippen LogP contribution in [-0.2, 0) is 0 Å². The Morgan fingerprint density at radius 3 is 3.21 bits per heavy atom. The van der Waals surface area contributed by atoms with Crippen molar-refractivity contribution in [3.8, 4) is 0 Å². The number of rotatable bonds is 1. The Balaban J connectivity index is 2.05. The lowest BCUT2D eigenvalue weighted by Gasteiger charge is -2.04. The number of fused-ring (bicyclic) bond motifs is 1. The van der Waals surface area contributed by atoms with Gasteiger partial charge in [0.1, 0.15) is 5.82 Å². The van der Waals surface area contributed by atoms with E-state index in [1.54, 1.807) is 6.20 Å². The van der Waals surface area contributed by atoms with Crippen LogP contribution >= 0.6 is 0 Å². The van der Waals surface area contributed by atoms with Crippen LogP contribution in [0.4, 0.5) is 0 Å². The van der Waals surface area contributed by atoms with E-state index in [0.717, 1.165) is 23.4 Å². The van der Waals surface area contributed by atoms with Gasteiger partial charge in [0.2, 0.25) is 0 Å². The monoisotopic (exact) mass is 188 g/mol. The van der Waals surface area contributed by atoms with Crippen molar-refractivity contribution in [2.75, 3.05) is 6.54 Å². The Morgan fingerprint density at radius 2 is 2.43 bits per heavy atom. The average Bonchev–Trinajstić information content (AvgIpc) is 2.86. The minimum atomic E-state index is 0.405.